The Balaban J connectivity index is 1.78. The number of aryl methyl sites for hydroxylation is 1. The van der Waals surface area contributed by atoms with Gasteiger partial charge >= 0.3 is 5.97 Å². The molecule has 130 valence electrons. The molecular formula is C19H20N2O4. The summed E-state index contributed by atoms with van der Waals surface area (Å²) in [4.78, 5) is 34.6. The molecule has 0 aliphatic carbocycles. The summed E-state index contributed by atoms with van der Waals surface area (Å²) in [6.45, 7) is 3.01. The summed E-state index contributed by atoms with van der Waals surface area (Å²) < 4.78 is 4.98. The van der Waals surface area contributed by atoms with E-state index in [2.05, 4.69) is 10.6 Å². The summed E-state index contributed by atoms with van der Waals surface area (Å²) in [6, 6.07) is 14.2. The quantitative estimate of drug-likeness (QED) is 0.792. The molecule has 0 atom stereocenters. The molecule has 2 amide bonds. The molecule has 0 aliphatic rings. The van der Waals surface area contributed by atoms with E-state index in [-0.39, 0.29) is 24.8 Å². The number of benzene rings is 2. The number of anilines is 2. The van der Waals surface area contributed by atoms with Gasteiger partial charge in [-0.2, -0.15) is 0 Å². The number of hydrogen-bond donors (Lipinski definition) is 2. The number of nitrogens with one attached hydrogen (secondary N) is 2. The van der Waals surface area contributed by atoms with Gasteiger partial charge in [0.25, 0.3) is 5.91 Å². The molecule has 2 rings (SSSR count). The summed E-state index contributed by atoms with van der Waals surface area (Å²) >= 11 is 0. The topological polar surface area (TPSA) is 84.5 Å². The molecule has 6 nitrogen and oxygen atoms in total. The number of carbonyl (C=O) groups is 3. The number of esters is 1. The van der Waals surface area contributed by atoms with Gasteiger partial charge in [-0.25, -0.2) is 0 Å². The summed E-state index contributed by atoms with van der Waals surface area (Å²) in [6.07, 6.45) is 0.0536. The first kappa shape index (κ1) is 18.2. The molecule has 0 radical (unpaired) electrons. The highest BCUT2D eigenvalue weighted by Gasteiger charge is 2.09. The fourth-order valence-corrected chi connectivity index (χ4v) is 2.19. The Labute approximate surface area is 146 Å². The molecule has 0 bridgehead atoms. The van der Waals surface area contributed by atoms with Crippen LogP contribution in [0, 0.1) is 6.92 Å². The lowest BCUT2D eigenvalue weighted by molar-refractivity contribution is -0.146. The van der Waals surface area contributed by atoms with Gasteiger partial charge in [0.1, 0.15) is 0 Å². The molecule has 0 unspecified atom stereocenters. The van der Waals surface area contributed by atoms with Crippen molar-refractivity contribution in [1.29, 1.82) is 0 Å². The number of amides is 2. The van der Waals surface area contributed by atoms with Crippen molar-refractivity contribution < 1.29 is 19.1 Å². The molecule has 0 aliphatic heterocycles. The summed E-state index contributed by atoms with van der Waals surface area (Å²) in [5.41, 5.74) is 3.08. The van der Waals surface area contributed by atoms with Crippen molar-refractivity contribution in [3.05, 3.63) is 59.7 Å². The number of rotatable bonds is 6. The lowest BCUT2D eigenvalue weighted by atomic mass is 10.1. The minimum absolute atomic E-state index is 0.0536. The van der Waals surface area contributed by atoms with Gasteiger partial charge in [0.15, 0.2) is 6.61 Å². The highest BCUT2D eigenvalue weighted by Crippen LogP contribution is 2.11. The first-order chi connectivity index (χ1) is 11.9. The maximum Gasteiger partial charge on any atom is 0.310 e. The zero-order chi connectivity index (χ0) is 18.2. The lowest BCUT2D eigenvalue weighted by Crippen LogP contribution is -2.21. The van der Waals surface area contributed by atoms with E-state index < -0.39 is 5.97 Å². The Hall–Kier alpha value is -3.15. The Morgan fingerprint density at radius 3 is 2.32 bits per heavy atom. The van der Waals surface area contributed by atoms with Crippen LogP contribution in [0.5, 0.6) is 0 Å². The summed E-state index contributed by atoms with van der Waals surface area (Å²) in [7, 11) is 0. The highest BCUT2D eigenvalue weighted by molar-refractivity contribution is 5.93. The fourth-order valence-electron chi connectivity index (χ4n) is 2.19. The second kappa shape index (κ2) is 8.63. The van der Waals surface area contributed by atoms with Gasteiger partial charge < -0.3 is 15.4 Å². The maximum atomic E-state index is 11.8. The van der Waals surface area contributed by atoms with Crippen molar-refractivity contribution in [3.63, 3.8) is 0 Å². The standard InChI is InChI=1S/C19H20N2O4/c1-13-4-3-5-17(10-13)21-18(23)12-25-19(24)11-15-6-8-16(9-7-15)20-14(2)22/h3-10H,11-12H2,1-2H3,(H,20,22)(H,21,23). The predicted molar refractivity (Wildman–Crippen MR) is 95.2 cm³/mol. The van der Waals surface area contributed by atoms with Crippen molar-refractivity contribution in [1.82, 2.24) is 0 Å². The van der Waals surface area contributed by atoms with E-state index in [9.17, 15) is 14.4 Å². The van der Waals surface area contributed by atoms with Crippen molar-refractivity contribution >= 4 is 29.2 Å². The van der Waals surface area contributed by atoms with E-state index in [0.717, 1.165) is 11.1 Å². The molecule has 25 heavy (non-hydrogen) atoms. The van der Waals surface area contributed by atoms with E-state index in [1.165, 1.54) is 6.92 Å². The number of hydrogen-bond acceptors (Lipinski definition) is 4. The highest BCUT2D eigenvalue weighted by atomic mass is 16.5. The van der Waals surface area contributed by atoms with Gasteiger partial charge in [0, 0.05) is 18.3 Å². The smallest absolute Gasteiger partial charge is 0.310 e. The third-order valence-corrected chi connectivity index (χ3v) is 3.29. The van der Waals surface area contributed by atoms with Crippen LogP contribution in [0.25, 0.3) is 0 Å². The van der Waals surface area contributed by atoms with E-state index >= 15 is 0 Å². The number of carbonyl (C=O) groups excluding carboxylic acids is 3. The molecule has 0 aromatic heterocycles. The lowest BCUT2D eigenvalue weighted by Gasteiger charge is -2.08. The second-order valence-corrected chi connectivity index (χ2v) is 5.63. The molecule has 0 saturated carbocycles. The summed E-state index contributed by atoms with van der Waals surface area (Å²) in [5.74, 6) is -1.04. The SMILES string of the molecule is CC(=O)Nc1ccc(CC(=O)OCC(=O)Nc2cccc(C)c2)cc1. The van der Waals surface area contributed by atoms with Crippen molar-refractivity contribution in [2.45, 2.75) is 20.3 Å². The zero-order valence-corrected chi connectivity index (χ0v) is 14.2. The summed E-state index contributed by atoms with van der Waals surface area (Å²) in [5, 5.41) is 5.32. The van der Waals surface area contributed by atoms with E-state index in [1.54, 1.807) is 30.3 Å². The zero-order valence-electron chi connectivity index (χ0n) is 14.2. The molecule has 2 N–H and O–H groups in total. The Morgan fingerprint density at radius 1 is 0.960 bits per heavy atom. The van der Waals surface area contributed by atoms with Crippen LogP contribution in [0.1, 0.15) is 18.1 Å². The van der Waals surface area contributed by atoms with Gasteiger partial charge in [-0.3, -0.25) is 14.4 Å². The van der Waals surface area contributed by atoms with Crippen LogP contribution in [0.3, 0.4) is 0 Å². The van der Waals surface area contributed by atoms with Gasteiger partial charge in [-0.1, -0.05) is 24.3 Å². The monoisotopic (exact) mass is 340 g/mol. The van der Waals surface area contributed by atoms with Crippen LogP contribution < -0.4 is 10.6 Å². The van der Waals surface area contributed by atoms with Crippen LogP contribution >= 0.6 is 0 Å². The van der Waals surface area contributed by atoms with Crippen LogP contribution in [0.2, 0.25) is 0 Å². The Bertz CT molecular complexity index is 769. The van der Waals surface area contributed by atoms with E-state index in [1.807, 2.05) is 25.1 Å². The molecule has 0 spiro atoms. The molecule has 6 heteroatoms. The molecule has 0 saturated heterocycles. The van der Waals surface area contributed by atoms with Gasteiger partial charge in [-0.05, 0) is 42.3 Å². The average molecular weight is 340 g/mol. The molecule has 0 heterocycles. The normalized spacial score (nSPS) is 10.0. The van der Waals surface area contributed by atoms with Crippen LogP contribution in [0.4, 0.5) is 11.4 Å². The van der Waals surface area contributed by atoms with Crippen LogP contribution in [-0.4, -0.2) is 24.4 Å². The fraction of sp³-hybridized carbons (Fsp3) is 0.211. The number of ether oxygens (including phenoxy) is 1. The minimum Gasteiger partial charge on any atom is -0.455 e. The maximum absolute atomic E-state index is 11.8. The van der Waals surface area contributed by atoms with Gasteiger partial charge in [0.05, 0.1) is 6.42 Å². The molecule has 2 aromatic rings. The van der Waals surface area contributed by atoms with Crippen molar-refractivity contribution in [3.8, 4) is 0 Å². The largest absolute Gasteiger partial charge is 0.455 e. The third kappa shape index (κ3) is 6.47. The third-order valence-electron chi connectivity index (χ3n) is 3.29. The molecule has 0 fully saturated rings. The van der Waals surface area contributed by atoms with Gasteiger partial charge in [-0.15, -0.1) is 0 Å². The molecular weight excluding hydrogens is 320 g/mol. The van der Waals surface area contributed by atoms with Crippen molar-refractivity contribution in [2.75, 3.05) is 17.2 Å². The van der Waals surface area contributed by atoms with Crippen LogP contribution in [0.15, 0.2) is 48.5 Å². The van der Waals surface area contributed by atoms with Crippen molar-refractivity contribution in [2.24, 2.45) is 0 Å². The van der Waals surface area contributed by atoms with E-state index in [0.29, 0.717) is 11.4 Å². The second-order valence-electron chi connectivity index (χ2n) is 5.63. The first-order valence-corrected chi connectivity index (χ1v) is 7.81. The Morgan fingerprint density at radius 2 is 1.68 bits per heavy atom. The molecule has 2 aromatic carbocycles. The average Bonchev–Trinajstić information content (AvgIpc) is 2.54. The first-order valence-electron chi connectivity index (χ1n) is 7.81. The predicted octanol–water partition coefficient (Wildman–Crippen LogP) is 2.68. The van der Waals surface area contributed by atoms with Crippen LogP contribution in [-0.2, 0) is 25.5 Å². The van der Waals surface area contributed by atoms with Gasteiger partial charge in [0.2, 0.25) is 5.91 Å². The van der Waals surface area contributed by atoms with E-state index in [4.69, 9.17) is 4.74 Å². The Kier molecular flexibility index (Phi) is 6.28. The minimum atomic E-state index is -0.494.